The molecule has 0 aromatic heterocycles. The Bertz CT molecular complexity index is 1280. The van der Waals surface area contributed by atoms with Crippen LogP contribution in [0.1, 0.15) is 49.9 Å². The molecule has 168 valence electrons. The molecule has 0 bridgehead atoms. The van der Waals surface area contributed by atoms with Gasteiger partial charge < -0.3 is 9.84 Å². The third-order valence-corrected chi connectivity index (χ3v) is 5.42. The largest absolute Gasteiger partial charge is 0.478 e. The molecule has 0 unspecified atom stereocenters. The van der Waals surface area contributed by atoms with Crippen molar-refractivity contribution in [2.45, 2.75) is 6.92 Å². The Morgan fingerprint density at radius 2 is 0.971 bits per heavy atom. The van der Waals surface area contributed by atoms with Gasteiger partial charge in [-0.1, -0.05) is 91.0 Å². The van der Waals surface area contributed by atoms with Crippen LogP contribution in [0, 0.1) is 0 Å². The number of esters is 1. The lowest BCUT2D eigenvalue weighted by Gasteiger charge is -2.19. The topological polar surface area (TPSA) is 63.6 Å². The zero-order chi connectivity index (χ0) is 23.9. The minimum absolute atomic E-state index is 0.0226. The molecule has 0 saturated heterocycles. The van der Waals surface area contributed by atoms with Crippen LogP contribution in [0.15, 0.2) is 109 Å². The summed E-state index contributed by atoms with van der Waals surface area (Å²) in [4.78, 5) is 24.6. The second-order valence-electron chi connectivity index (χ2n) is 7.67. The first-order valence-electron chi connectivity index (χ1n) is 11.0. The molecule has 4 aromatic rings. The summed E-state index contributed by atoms with van der Waals surface area (Å²) in [5, 5.41) is 9.80. The number of carboxylic acids is 1. The van der Waals surface area contributed by atoms with Crippen molar-refractivity contribution in [3.05, 3.63) is 143 Å². The Morgan fingerprint density at radius 1 is 0.588 bits per heavy atom. The Balaban J connectivity index is 2.11. The number of carbonyl (C=O) groups excluding carboxylic acids is 1. The lowest BCUT2D eigenvalue weighted by molar-refractivity contribution is 0.0526. The highest BCUT2D eigenvalue weighted by Gasteiger charge is 2.20. The molecule has 0 aliphatic carbocycles. The number of hydrogen-bond acceptors (Lipinski definition) is 3. The van der Waals surface area contributed by atoms with Gasteiger partial charge in [0, 0.05) is 0 Å². The maximum atomic E-state index is 12.6. The van der Waals surface area contributed by atoms with Crippen LogP contribution in [0.2, 0.25) is 0 Å². The molecular weight excluding hydrogens is 424 g/mol. The van der Waals surface area contributed by atoms with Gasteiger partial charge in [0.1, 0.15) is 0 Å². The summed E-state index contributed by atoms with van der Waals surface area (Å²) in [6.07, 6.45) is 0. The van der Waals surface area contributed by atoms with Crippen LogP contribution in [0.5, 0.6) is 0 Å². The molecule has 34 heavy (non-hydrogen) atoms. The van der Waals surface area contributed by atoms with Crippen LogP contribution in [0.4, 0.5) is 0 Å². The summed E-state index contributed by atoms with van der Waals surface area (Å²) in [6, 6.07) is 34.4. The van der Waals surface area contributed by atoms with Crippen LogP contribution in [0.3, 0.4) is 0 Å². The number of carbonyl (C=O) groups is 2. The van der Waals surface area contributed by atoms with Gasteiger partial charge >= 0.3 is 11.9 Å². The molecular formula is C30H24O4. The van der Waals surface area contributed by atoms with Crippen molar-refractivity contribution in [3.63, 3.8) is 0 Å². The van der Waals surface area contributed by atoms with Gasteiger partial charge in [-0.2, -0.15) is 0 Å². The summed E-state index contributed by atoms with van der Waals surface area (Å²) >= 11 is 0. The van der Waals surface area contributed by atoms with Gasteiger partial charge in [-0.3, -0.25) is 0 Å². The molecule has 4 rings (SSSR count). The minimum Gasteiger partial charge on any atom is -0.478 e. The Hall–Kier alpha value is -4.44. The van der Waals surface area contributed by atoms with Gasteiger partial charge in [-0.05, 0) is 58.5 Å². The van der Waals surface area contributed by atoms with Gasteiger partial charge in [0.15, 0.2) is 0 Å². The molecule has 4 heteroatoms. The van der Waals surface area contributed by atoms with Crippen molar-refractivity contribution in [3.8, 4) is 0 Å². The number of rotatable bonds is 7. The van der Waals surface area contributed by atoms with Crippen LogP contribution < -0.4 is 0 Å². The molecule has 0 spiro atoms. The second kappa shape index (κ2) is 10.5. The molecule has 4 nitrogen and oxygen atoms in total. The first kappa shape index (κ1) is 22.7. The Morgan fingerprint density at radius 3 is 1.38 bits per heavy atom. The average Bonchev–Trinajstić information content (AvgIpc) is 2.88. The Kier molecular flexibility index (Phi) is 6.99. The normalized spacial score (nSPS) is 10.4. The fourth-order valence-electron chi connectivity index (χ4n) is 3.95. The fourth-order valence-corrected chi connectivity index (χ4v) is 3.95. The maximum Gasteiger partial charge on any atom is 0.338 e. The average molecular weight is 449 g/mol. The molecule has 0 radical (unpaired) electrons. The van der Waals surface area contributed by atoms with Crippen LogP contribution in [0.25, 0.3) is 11.1 Å². The van der Waals surface area contributed by atoms with E-state index in [1.807, 2.05) is 91.0 Å². The summed E-state index contributed by atoms with van der Waals surface area (Å²) < 4.78 is 5.18. The number of hydrogen-bond donors (Lipinski definition) is 1. The van der Waals surface area contributed by atoms with Crippen molar-refractivity contribution in [2.75, 3.05) is 6.61 Å². The number of aromatic carboxylic acids is 1. The van der Waals surface area contributed by atoms with Crippen molar-refractivity contribution >= 4 is 23.1 Å². The van der Waals surface area contributed by atoms with E-state index in [0.717, 1.165) is 27.8 Å². The van der Waals surface area contributed by atoms with E-state index in [1.165, 1.54) is 6.07 Å². The summed E-state index contributed by atoms with van der Waals surface area (Å²) in [6.45, 7) is 1.92. The Labute approximate surface area is 198 Å². The number of carboxylic acid groups (broad SMARTS) is 1. The SMILES string of the molecule is CCOC(=O)c1cc(C(=O)O)cc(C(=C(c2ccccc2)c2ccccc2)c2ccccc2)c1. The summed E-state index contributed by atoms with van der Waals surface area (Å²) in [5.41, 5.74) is 5.47. The van der Waals surface area contributed by atoms with E-state index in [9.17, 15) is 14.7 Å². The lowest BCUT2D eigenvalue weighted by atomic mass is 9.85. The van der Waals surface area contributed by atoms with Gasteiger partial charge in [0.25, 0.3) is 0 Å². The van der Waals surface area contributed by atoms with Crippen molar-refractivity contribution < 1.29 is 19.4 Å². The van der Waals surface area contributed by atoms with E-state index < -0.39 is 11.9 Å². The molecule has 0 fully saturated rings. The zero-order valence-electron chi connectivity index (χ0n) is 18.8. The molecule has 0 heterocycles. The molecule has 0 amide bonds. The van der Waals surface area contributed by atoms with E-state index in [2.05, 4.69) is 0 Å². The molecule has 1 N–H and O–H groups in total. The third kappa shape index (κ3) is 4.97. The van der Waals surface area contributed by atoms with E-state index in [-0.39, 0.29) is 17.7 Å². The van der Waals surface area contributed by atoms with E-state index in [1.54, 1.807) is 19.1 Å². The molecule has 0 atom stereocenters. The van der Waals surface area contributed by atoms with E-state index in [0.29, 0.717) is 5.56 Å². The predicted octanol–water partition coefficient (Wildman–Crippen LogP) is 6.57. The van der Waals surface area contributed by atoms with Gasteiger partial charge in [0.2, 0.25) is 0 Å². The van der Waals surface area contributed by atoms with E-state index >= 15 is 0 Å². The quantitative estimate of drug-likeness (QED) is 0.257. The van der Waals surface area contributed by atoms with Crippen molar-refractivity contribution in [1.82, 2.24) is 0 Å². The van der Waals surface area contributed by atoms with Crippen molar-refractivity contribution in [2.24, 2.45) is 0 Å². The molecule has 0 aliphatic heterocycles. The van der Waals surface area contributed by atoms with E-state index in [4.69, 9.17) is 4.74 Å². The second-order valence-corrected chi connectivity index (χ2v) is 7.67. The maximum absolute atomic E-state index is 12.6. The lowest BCUT2D eigenvalue weighted by Crippen LogP contribution is -2.09. The van der Waals surface area contributed by atoms with Gasteiger partial charge in [0.05, 0.1) is 17.7 Å². The first-order chi connectivity index (χ1) is 16.6. The van der Waals surface area contributed by atoms with Crippen molar-refractivity contribution in [1.29, 1.82) is 0 Å². The molecule has 0 saturated carbocycles. The van der Waals surface area contributed by atoms with Crippen LogP contribution >= 0.6 is 0 Å². The molecule has 0 aliphatic rings. The number of benzene rings is 4. The van der Waals surface area contributed by atoms with Crippen LogP contribution in [-0.4, -0.2) is 23.7 Å². The summed E-state index contributed by atoms with van der Waals surface area (Å²) in [7, 11) is 0. The molecule has 4 aromatic carbocycles. The number of ether oxygens (including phenoxy) is 1. The zero-order valence-corrected chi connectivity index (χ0v) is 18.8. The highest BCUT2D eigenvalue weighted by Crippen LogP contribution is 2.37. The van der Waals surface area contributed by atoms with Gasteiger partial charge in [-0.25, -0.2) is 9.59 Å². The highest BCUT2D eigenvalue weighted by atomic mass is 16.5. The first-order valence-corrected chi connectivity index (χ1v) is 11.0. The van der Waals surface area contributed by atoms with Crippen LogP contribution in [-0.2, 0) is 4.74 Å². The fraction of sp³-hybridized carbons (Fsp3) is 0.0667. The highest BCUT2D eigenvalue weighted by molar-refractivity contribution is 6.06. The van der Waals surface area contributed by atoms with Gasteiger partial charge in [-0.15, -0.1) is 0 Å². The standard InChI is InChI=1S/C30H24O4/c1-2-34-30(33)26-19-24(18-25(20-26)29(31)32)28(23-16-10-5-11-17-23)27(21-12-6-3-7-13-21)22-14-8-4-9-15-22/h3-20H,2H2,1H3,(H,31,32). The third-order valence-electron chi connectivity index (χ3n) is 5.42. The monoisotopic (exact) mass is 448 g/mol. The minimum atomic E-state index is -1.11. The smallest absolute Gasteiger partial charge is 0.338 e. The summed E-state index contributed by atoms with van der Waals surface area (Å²) in [5.74, 6) is -1.67. The predicted molar refractivity (Wildman–Crippen MR) is 134 cm³/mol.